The Kier molecular flexibility index (Phi) is 5.80. The molecule has 0 amide bonds. The highest BCUT2D eigenvalue weighted by Gasteiger charge is 2.41. The monoisotopic (exact) mass is 365 g/mol. The van der Waals surface area contributed by atoms with Crippen molar-refractivity contribution in [2.75, 3.05) is 13.2 Å². The fourth-order valence-corrected chi connectivity index (χ4v) is 5.01. The van der Waals surface area contributed by atoms with Gasteiger partial charge in [0.15, 0.2) is 0 Å². The van der Waals surface area contributed by atoms with E-state index >= 15 is 0 Å². The molecule has 4 rings (SSSR count). The molecule has 0 unspecified atom stereocenters. The minimum absolute atomic E-state index is 0.321. The van der Waals surface area contributed by atoms with E-state index in [1.54, 1.807) is 0 Å². The fraction of sp³-hybridized carbons (Fsp3) is 0.500. The molecule has 0 radical (unpaired) electrons. The van der Waals surface area contributed by atoms with Gasteiger partial charge in [0.05, 0.1) is 0 Å². The first kappa shape index (κ1) is 18.5. The summed E-state index contributed by atoms with van der Waals surface area (Å²) < 4.78 is 5.78. The number of nitrogens with one attached hydrogen (secondary N) is 1. The molecule has 2 fully saturated rings. The zero-order valence-corrected chi connectivity index (χ0v) is 16.2. The minimum atomic E-state index is -0.486. The lowest BCUT2D eigenvalue weighted by atomic mass is 9.84. The molecule has 2 N–H and O–H groups in total. The van der Waals surface area contributed by atoms with E-state index in [4.69, 9.17) is 4.74 Å². The molecular weight excluding hydrogens is 334 g/mol. The Morgan fingerprint density at radius 1 is 1.00 bits per heavy atom. The van der Waals surface area contributed by atoms with Crippen LogP contribution in [0.15, 0.2) is 54.6 Å². The zero-order chi connectivity index (χ0) is 18.6. The second-order valence-corrected chi connectivity index (χ2v) is 8.39. The molecule has 2 aromatic rings. The Bertz CT molecular complexity index is 715. The maximum absolute atomic E-state index is 10.3. The van der Waals surface area contributed by atoms with Crippen molar-refractivity contribution >= 4 is 0 Å². The van der Waals surface area contributed by atoms with Crippen molar-refractivity contribution < 1.29 is 9.84 Å². The van der Waals surface area contributed by atoms with E-state index in [0.717, 1.165) is 23.5 Å². The third-order valence-electron chi connectivity index (χ3n) is 6.51. The van der Waals surface area contributed by atoms with Crippen LogP contribution in [0.25, 0.3) is 11.1 Å². The molecular formula is C24H31NO2. The van der Waals surface area contributed by atoms with Crippen molar-refractivity contribution in [3.8, 4) is 16.9 Å². The van der Waals surface area contributed by atoms with Crippen LogP contribution >= 0.6 is 0 Å². The van der Waals surface area contributed by atoms with Crippen LogP contribution in [-0.4, -0.2) is 30.4 Å². The first-order valence-corrected chi connectivity index (χ1v) is 10.4. The highest BCUT2D eigenvalue weighted by molar-refractivity contribution is 5.63. The summed E-state index contributed by atoms with van der Waals surface area (Å²) in [6.07, 6.45) is 5.17. The number of rotatable bonds is 8. The molecule has 144 valence electrons. The highest BCUT2D eigenvalue weighted by atomic mass is 16.5. The molecule has 0 heterocycles. The van der Waals surface area contributed by atoms with Gasteiger partial charge in [0, 0.05) is 12.6 Å². The molecule has 0 aliphatic heterocycles. The lowest BCUT2D eigenvalue weighted by molar-refractivity contribution is 0.0993. The summed E-state index contributed by atoms with van der Waals surface area (Å²) in [5.74, 6) is 3.47. The summed E-state index contributed by atoms with van der Waals surface area (Å²) in [6.45, 7) is 3.19. The van der Waals surface area contributed by atoms with Crippen LogP contribution < -0.4 is 10.1 Å². The first-order valence-electron chi connectivity index (χ1n) is 10.4. The van der Waals surface area contributed by atoms with Crippen molar-refractivity contribution in [1.82, 2.24) is 5.32 Å². The van der Waals surface area contributed by atoms with E-state index in [9.17, 15) is 5.11 Å². The molecule has 2 saturated carbocycles. The summed E-state index contributed by atoms with van der Waals surface area (Å²) in [4.78, 5) is 0. The van der Waals surface area contributed by atoms with Crippen molar-refractivity contribution in [3.63, 3.8) is 0 Å². The van der Waals surface area contributed by atoms with Crippen LogP contribution in [0.5, 0.6) is 5.75 Å². The van der Waals surface area contributed by atoms with Crippen LogP contribution in [0.3, 0.4) is 0 Å². The second kappa shape index (κ2) is 8.45. The van der Waals surface area contributed by atoms with Gasteiger partial charge in [-0.3, -0.25) is 0 Å². The number of benzene rings is 2. The number of aliphatic hydroxyl groups is 1. The van der Waals surface area contributed by atoms with Gasteiger partial charge < -0.3 is 15.2 Å². The Hall–Kier alpha value is -1.84. The van der Waals surface area contributed by atoms with Crippen molar-refractivity contribution in [1.29, 1.82) is 0 Å². The van der Waals surface area contributed by atoms with Crippen molar-refractivity contribution in [3.05, 3.63) is 54.6 Å². The number of hydrogen-bond donors (Lipinski definition) is 2. The van der Waals surface area contributed by atoms with E-state index < -0.39 is 6.10 Å². The summed E-state index contributed by atoms with van der Waals surface area (Å²) in [5, 5.41) is 13.8. The third kappa shape index (κ3) is 4.53. The largest absolute Gasteiger partial charge is 0.491 e. The van der Waals surface area contributed by atoms with Crippen LogP contribution in [0.2, 0.25) is 0 Å². The predicted molar refractivity (Wildman–Crippen MR) is 110 cm³/mol. The Balaban J connectivity index is 1.20. The van der Waals surface area contributed by atoms with Crippen molar-refractivity contribution in [2.45, 2.75) is 44.8 Å². The zero-order valence-electron chi connectivity index (χ0n) is 16.2. The molecule has 2 aliphatic carbocycles. The minimum Gasteiger partial charge on any atom is -0.491 e. The van der Waals surface area contributed by atoms with E-state index in [1.165, 1.54) is 36.8 Å². The number of hydrogen-bond acceptors (Lipinski definition) is 3. The summed E-state index contributed by atoms with van der Waals surface area (Å²) >= 11 is 0. The van der Waals surface area contributed by atoms with Gasteiger partial charge in [0.2, 0.25) is 0 Å². The van der Waals surface area contributed by atoms with Gasteiger partial charge in [-0.15, -0.1) is 0 Å². The standard InChI is InChI=1S/C24H31NO2/c1-17(24-14-18-7-8-21(24)13-18)25-15-22(26)16-27-23-11-9-20(10-12-23)19-5-3-2-4-6-19/h2-6,9-12,17-18,21-22,24-26H,7-8,13-16H2,1H3/t17-,18-,21-,22+,24+/m1/s1. The fourth-order valence-electron chi connectivity index (χ4n) is 5.01. The smallest absolute Gasteiger partial charge is 0.119 e. The number of fused-ring (bicyclic) bond motifs is 2. The molecule has 5 atom stereocenters. The Morgan fingerprint density at radius 3 is 2.41 bits per heavy atom. The molecule has 3 nitrogen and oxygen atoms in total. The topological polar surface area (TPSA) is 41.5 Å². The summed E-state index contributed by atoms with van der Waals surface area (Å²) in [7, 11) is 0. The SMILES string of the molecule is C[C@@H](NC[C@H](O)COc1ccc(-c2ccccc2)cc1)[C@@H]1C[C@@H]2CC[C@@H]1C2. The van der Waals surface area contributed by atoms with E-state index in [-0.39, 0.29) is 0 Å². The van der Waals surface area contributed by atoms with Crippen LogP contribution in [0.1, 0.15) is 32.6 Å². The molecule has 0 aromatic heterocycles. The molecule has 27 heavy (non-hydrogen) atoms. The first-order chi connectivity index (χ1) is 13.2. The third-order valence-corrected chi connectivity index (χ3v) is 6.51. The maximum atomic E-state index is 10.3. The lowest BCUT2D eigenvalue weighted by Gasteiger charge is -2.29. The molecule has 3 heteroatoms. The lowest BCUT2D eigenvalue weighted by Crippen LogP contribution is -2.41. The van der Waals surface area contributed by atoms with Gasteiger partial charge >= 0.3 is 0 Å². The summed E-state index contributed by atoms with van der Waals surface area (Å²) in [6, 6.07) is 18.9. The Labute approximate surface area is 162 Å². The van der Waals surface area contributed by atoms with Crippen LogP contribution in [0.4, 0.5) is 0 Å². The van der Waals surface area contributed by atoms with Gasteiger partial charge in [-0.05, 0) is 67.2 Å². The van der Waals surface area contributed by atoms with Gasteiger partial charge in [-0.1, -0.05) is 48.9 Å². The second-order valence-electron chi connectivity index (χ2n) is 8.39. The molecule has 0 spiro atoms. The average Bonchev–Trinajstić information content (AvgIpc) is 3.35. The quantitative estimate of drug-likeness (QED) is 0.723. The van der Waals surface area contributed by atoms with Gasteiger partial charge in [0.1, 0.15) is 18.5 Å². The van der Waals surface area contributed by atoms with E-state index in [0.29, 0.717) is 19.2 Å². The van der Waals surface area contributed by atoms with E-state index in [2.05, 4.69) is 36.5 Å². The van der Waals surface area contributed by atoms with Gasteiger partial charge in [-0.25, -0.2) is 0 Å². The predicted octanol–water partition coefficient (Wildman–Crippen LogP) is 4.51. The molecule has 2 bridgehead atoms. The van der Waals surface area contributed by atoms with E-state index in [1.807, 2.05) is 30.3 Å². The van der Waals surface area contributed by atoms with Gasteiger partial charge in [0.25, 0.3) is 0 Å². The normalized spacial score (nSPS) is 26.1. The number of ether oxygens (including phenoxy) is 1. The number of aliphatic hydroxyl groups excluding tert-OH is 1. The van der Waals surface area contributed by atoms with Crippen molar-refractivity contribution in [2.24, 2.45) is 17.8 Å². The van der Waals surface area contributed by atoms with Gasteiger partial charge in [-0.2, -0.15) is 0 Å². The molecule has 0 saturated heterocycles. The molecule has 2 aliphatic rings. The highest BCUT2D eigenvalue weighted by Crippen LogP contribution is 2.49. The van der Waals surface area contributed by atoms with Crippen LogP contribution in [-0.2, 0) is 0 Å². The summed E-state index contributed by atoms with van der Waals surface area (Å²) in [5.41, 5.74) is 2.37. The Morgan fingerprint density at radius 2 is 1.74 bits per heavy atom. The average molecular weight is 366 g/mol. The maximum Gasteiger partial charge on any atom is 0.119 e. The molecule has 2 aromatic carbocycles. The van der Waals surface area contributed by atoms with Crippen LogP contribution in [0, 0.1) is 17.8 Å².